The Bertz CT molecular complexity index is 683. The number of hydrogen-bond acceptors (Lipinski definition) is 5. The molecule has 1 aromatic rings. The zero-order valence-corrected chi connectivity index (χ0v) is 18.7. The van der Waals surface area contributed by atoms with Crippen LogP contribution in [0, 0.1) is 5.92 Å². The normalized spacial score (nSPS) is 31.1. The summed E-state index contributed by atoms with van der Waals surface area (Å²) in [5.74, 6) is 0.407. The molecule has 162 valence electrons. The van der Waals surface area contributed by atoms with Gasteiger partial charge in [0.25, 0.3) is 0 Å². The average Bonchev–Trinajstić information content (AvgIpc) is 2.94. The highest BCUT2D eigenvalue weighted by Crippen LogP contribution is 2.49. The maximum atomic E-state index is 12.0. The fraction of sp³-hybridized carbons (Fsp3) is 0.696. The van der Waals surface area contributed by atoms with Crippen LogP contribution in [-0.2, 0) is 10.3 Å². The van der Waals surface area contributed by atoms with Crippen LogP contribution in [0.4, 0.5) is 0 Å². The second-order valence-corrected chi connectivity index (χ2v) is 9.49. The first-order valence-electron chi connectivity index (χ1n) is 10.9. The zero-order valence-electron chi connectivity index (χ0n) is 18.7. The SMILES string of the molecule is CNC(=O)CN1CC2(CCC(c3ccccc3)(N(C)C)CC2)N(CC(C)C)C1O. The van der Waals surface area contributed by atoms with E-state index < -0.39 is 6.35 Å². The largest absolute Gasteiger partial charge is 0.365 e. The summed E-state index contributed by atoms with van der Waals surface area (Å²) in [5, 5.41) is 13.8. The van der Waals surface area contributed by atoms with Gasteiger partial charge in [-0.15, -0.1) is 0 Å². The number of aliphatic hydroxyl groups excluding tert-OH is 1. The molecule has 6 nitrogen and oxygen atoms in total. The van der Waals surface area contributed by atoms with E-state index in [0.29, 0.717) is 5.92 Å². The predicted octanol–water partition coefficient (Wildman–Crippen LogP) is 2.05. The van der Waals surface area contributed by atoms with Gasteiger partial charge in [0, 0.05) is 31.2 Å². The highest BCUT2D eigenvalue weighted by Gasteiger charge is 2.54. The highest BCUT2D eigenvalue weighted by atomic mass is 16.3. The Morgan fingerprint density at radius 1 is 1.21 bits per heavy atom. The smallest absolute Gasteiger partial charge is 0.234 e. The molecule has 6 heteroatoms. The lowest BCUT2D eigenvalue weighted by Crippen LogP contribution is -2.56. The van der Waals surface area contributed by atoms with Gasteiger partial charge in [-0.1, -0.05) is 44.2 Å². The third-order valence-electron chi connectivity index (χ3n) is 7.07. The van der Waals surface area contributed by atoms with Gasteiger partial charge in [0.2, 0.25) is 5.91 Å². The molecule has 1 aromatic carbocycles. The van der Waals surface area contributed by atoms with E-state index >= 15 is 0 Å². The topological polar surface area (TPSA) is 59.1 Å². The van der Waals surface area contributed by atoms with Crippen LogP contribution in [0.3, 0.4) is 0 Å². The quantitative estimate of drug-likeness (QED) is 0.763. The molecule has 1 saturated heterocycles. The van der Waals surface area contributed by atoms with E-state index in [0.717, 1.165) is 38.8 Å². The van der Waals surface area contributed by atoms with E-state index in [1.807, 2.05) is 4.90 Å². The summed E-state index contributed by atoms with van der Waals surface area (Å²) in [6, 6.07) is 10.8. The van der Waals surface area contributed by atoms with Crippen LogP contribution >= 0.6 is 0 Å². The zero-order chi connectivity index (χ0) is 21.2. The van der Waals surface area contributed by atoms with Crippen molar-refractivity contribution in [3.8, 4) is 0 Å². The maximum Gasteiger partial charge on any atom is 0.234 e. The number of benzene rings is 1. The number of likely N-dealkylation sites (N-methyl/N-ethyl adjacent to an activating group) is 1. The van der Waals surface area contributed by atoms with E-state index in [2.05, 4.69) is 73.4 Å². The Morgan fingerprint density at radius 2 is 1.83 bits per heavy atom. The lowest BCUT2D eigenvalue weighted by molar-refractivity contribution is -0.128. The standard InChI is InChI=1S/C23H38N4O2/c1-18(2)15-27-21(29)26(16-20(28)24-3)17-22(27)11-13-23(14-12-22,25(4)5)19-9-7-6-8-10-19/h6-10,18,21,29H,11-17H2,1-5H3,(H,24,28). The van der Waals surface area contributed by atoms with Gasteiger partial charge in [-0.25, -0.2) is 0 Å². The van der Waals surface area contributed by atoms with Crippen molar-refractivity contribution >= 4 is 5.91 Å². The van der Waals surface area contributed by atoms with Gasteiger partial charge in [0.15, 0.2) is 6.35 Å². The second-order valence-electron chi connectivity index (χ2n) is 9.49. The van der Waals surface area contributed by atoms with Gasteiger partial charge >= 0.3 is 0 Å². The monoisotopic (exact) mass is 402 g/mol. The summed E-state index contributed by atoms with van der Waals surface area (Å²) >= 11 is 0. The summed E-state index contributed by atoms with van der Waals surface area (Å²) in [4.78, 5) is 18.6. The molecule has 2 aliphatic rings. The molecular formula is C23H38N4O2. The van der Waals surface area contributed by atoms with E-state index in [4.69, 9.17) is 0 Å². The van der Waals surface area contributed by atoms with E-state index in [9.17, 15) is 9.90 Å². The van der Waals surface area contributed by atoms with Crippen molar-refractivity contribution in [1.82, 2.24) is 20.0 Å². The predicted molar refractivity (Wildman–Crippen MR) is 116 cm³/mol. The third kappa shape index (κ3) is 4.22. The Hall–Kier alpha value is -1.47. The minimum Gasteiger partial charge on any atom is -0.365 e. The van der Waals surface area contributed by atoms with Crippen molar-refractivity contribution in [2.75, 3.05) is 40.8 Å². The van der Waals surface area contributed by atoms with Crippen molar-refractivity contribution in [2.24, 2.45) is 5.92 Å². The van der Waals surface area contributed by atoms with Gasteiger partial charge in [0.1, 0.15) is 0 Å². The van der Waals surface area contributed by atoms with E-state index in [1.165, 1.54) is 5.56 Å². The maximum absolute atomic E-state index is 12.0. The van der Waals surface area contributed by atoms with E-state index in [1.54, 1.807) is 7.05 Å². The molecule has 1 aliphatic carbocycles. The molecule has 2 fully saturated rings. The Labute approximate surface area is 175 Å². The number of carbonyl (C=O) groups excluding carboxylic acids is 1. The first-order valence-corrected chi connectivity index (χ1v) is 10.9. The van der Waals surface area contributed by atoms with Crippen LogP contribution in [0.15, 0.2) is 30.3 Å². The second kappa shape index (κ2) is 8.72. The first-order chi connectivity index (χ1) is 13.7. The number of aliphatic hydroxyl groups is 1. The van der Waals surface area contributed by atoms with Gasteiger partial charge in [-0.05, 0) is 51.3 Å². The van der Waals surface area contributed by atoms with Crippen LogP contribution < -0.4 is 5.32 Å². The number of rotatable bonds is 6. The molecule has 1 aliphatic heterocycles. The molecule has 3 rings (SSSR count). The number of amides is 1. The summed E-state index contributed by atoms with van der Waals surface area (Å²) in [5.41, 5.74) is 1.32. The molecule has 1 unspecified atom stereocenters. The molecule has 1 saturated carbocycles. The molecule has 1 spiro atoms. The fourth-order valence-electron chi connectivity index (χ4n) is 5.39. The summed E-state index contributed by atoms with van der Waals surface area (Å²) in [6.07, 6.45) is 3.40. The lowest BCUT2D eigenvalue weighted by atomic mass is 9.68. The summed E-state index contributed by atoms with van der Waals surface area (Å²) in [7, 11) is 6.01. The lowest BCUT2D eigenvalue weighted by Gasteiger charge is -2.51. The number of nitrogens with one attached hydrogen (secondary N) is 1. The molecule has 2 N–H and O–H groups in total. The average molecular weight is 403 g/mol. The van der Waals surface area contributed by atoms with Crippen LogP contribution in [0.5, 0.6) is 0 Å². The highest BCUT2D eigenvalue weighted by molar-refractivity contribution is 5.77. The fourth-order valence-corrected chi connectivity index (χ4v) is 5.39. The van der Waals surface area contributed by atoms with Crippen LogP contribution in [-0.4, -0.2) is 78.4 Å². The first kappa shape index (κ1) is 22.2. The van der Waals surface area contributed by atoms with Crippen LogP contribution in [0.1, 0.15) is 45.1 Å². The molecule has 0 bridgehead atoms. The Kier molecular flexibility index (Phi) is 6.68. The van der Waals surface area contributed by atoms with Gasteiger partial charge < -0.3 is 10.4 Å². The number of carbonyl (C=O) groups is 1. The Morgan fingerprint density at radius 3 is 2.34 bits per heavy atom. The molecule has 0 radical (unpaired) electrons. The molecule has 0 aromatic heterocycles. The van der Waals surface area contributed by atoms with Crippen molar-refractivity contribution in [3.63, 3.8) is 0 Å². The van der Waals surface area contributed by atoms with Crippen molar-refractivity contribution in [2.45, 2.75) is 57.0 Å². The summed E-state index contributed by atoms with van der Waals surface area (Å²) < 4.78 is 0. The number of nitrogens with zero attached hydrogens (tertiary/aromatic N) is 3. The third-order valence-corrected chi connectivity index (χ3v) is 7.07. The minimum atomic E-state index is -0.696. The van der Waals surface area contributed by atoms with Crippen molar-refractivity contribution in [1.29, 1.82) is 0 Å². The minimum absolute atomic E-state index is 0.0230. The molecular weight excluding hydrogens is 364 g/mol. The van der Waals surface area contributed by atoms with Crippen molar-refractivity contribution in [3.05, 3.63) is 35.9 Å². The summed E-state index contributed by atoms with van der Waals surface area (Å²) in [6.45, 7) is 6.21. The molecule has 1 heterocycles. The Balaban J connectivity index is 1.86. The molecule has 1 amide bonds. The van der Waals surface area contributed by atoms with Crippen molar-refractivity contribution < 1.29 is 9.90 Å². The van der Waals surface area contributed by atoms with Gasteiger partial charge in [-0.2, -0.15) is 0 Å². The van der Waals surface area contributed by atoms with Gasteiger partial charge in [-0.3, -0.25) is 19.5 Å². The van der Waals surface area contributed by atoms with Crippen LogP contribution in [0.2, 0.25) is 0 Å². The number of hydrogen-bond donors (Lipinski definition) is 2. The van der Waals surface area contributed by atoms with Gasteiger partial charge in [0.05, 0.1) is 6.54 Å². The van der Waals surface area contributed by atoms with Crippen LogP contribution in [0.25, 0.3) is 0 Å². The molecule has 29 heavy (non-hydrogen) atoms. The van der Waals surface area contributed by atoms with E-state index in [-0.39, 0.29) is 23.5 Å². The molecule has 1 atom stereocenters.